The zero-order chi connectivity index (χ0) is 18.7. The summed E-state index contributed by atoms with van der Waals surface area (Å²) >= 11 is 1.54. The molecule has 3 aliphatic rings. The van der Waals surface area contributed by atoms with E-state index in [1.54, 1.807) is 0 Å². The maximum absolute atomic E-state index is 13.3. The van der Waals surface area contributed by atoms with Crippen LogP contribution in [0.25, 0.3) is 0 Å². The smallest absolute Gasteiger partial charge is 0.229 e. The Hall–Kier alpha value is -0.530. The third-order valence-electron chi connectivity index (χ3n) is 5.39. The molecule has 0 aromatic rings. The molecule has 3 rings (SSSR count). The number of nitrogens with two attached hydrogens (primary N) is 2. The summed E-state index contributed by atoms with van der Waals surface area (Å²) in [7, 11) is 0. The average Bonchev–Trinajstić information content (AvgIpc) is 2.97. The van der Waals surface area contributed by atoms with Gasteiger partial charge in [0, 0.05) is 44.8 Å². The molecule has 0 aromatic heterocycles. The first-order valence-electron chi connectivity index (χ1n) is 9.22. The fraction of sp³-hybridized carbons (Fsp3) is 0.933. The van der Waals surface area contributed by atoms with Crippen molar-refractivity contribution < 1.29 is 9.18 Å². The van der Waals surface area contributed by atoms with E-state index in [2.05, 4.69) is 38.2 Å². The summed E-state index contributed by atoms with van der Waals surface area (Å²) < 4.78 is 16.7. The fourth-order valence-electron chi connectivity index (χ4n) is 4.02. The lowest BCUT2D eigenvalue weighted by atomic mass is 9.85. The first-order chi connectivity index (χ1) is 12.5. The molecule has 11 heteroatoms. The zero-order valence-corrected chi connectivity index (χ0v) is 15.8. The second-order valence-corrected chi connectivity index (χ2v) is 8.35. The molecule has 4 unspecified atom stereocenters. The first kappa shape index (κ1) is 20.2. The van der Waals surface area contributed by atoms with Crippen LogP contribution in [0.5, 0.6) is 0 Å². The second kappa shape index (κ2) is 9.11. The third-order valence-corrected chi connectivity index (χ3v) is 6.59. The van der Waals surface area contributed by atoms with Crippen molar-refractivity contribution in [2.75, 3.05) is 32.8 Å². The largest absolute Gasteiger partial charge is 0.342 e. The Balaban J connectivity index is 1.64. The number of amides is 1. The van der Waals surface area contributed by atoms with Crippen LogP contribution in [-0.2, 0) is 4.79 Å². The van der Waals surface area contributed by atoms with Crippen molar-refractivity contribution in [1.82, 2.24) is 31.3 Å². The number of carbonyl (C=O) groups excluding carboxylic acids is 1. The van der Waals surface area contributed by atoms with Gasteiger partial charge in [0.25, 0.3) is 0 Å². The minimum absolute atomic E-state index is 0.0667. The van der Waals surface area contributed by atoms with Gasteiger partial charge in [-0.25, -0.2) is 4.39 Å². The van der Waals surface area contributed by atoms with E-state index < -0.39 is 24.4 Å². The quantitative estimate of drug-likeness (QED) is 0.184. The lowest BCUT2D eigenvalue weighted by molar-refractivity contribution is -0.127. The molecule has 0 spiro atoms. The summed E-state index contributed by atoms with van der Waals surface area (Å²) in [5.41, 5.74) is 11.8. The fourth-order valence-corrected chi connectivity index (χ4v) is 5.33. The maximum atomic E-state index is 13.3. The van der Waals surface area contributed by atoms with Crippen LogP contribution in [0.15, 0.2) is 0 Å². The van der Waals surface area contributed by atoms with Crippen LogP contribution >= 0.6 is 11.9 Å². The Bertz CT molecular complexity index is 473. The zero-order valence-electron chi connectivity index (χ0n) is 15.0. The van der Waals surface area contributed by atoms with Crippen LogP contribution in [0.1, 0.15) is 6.92 Å². The monoisotopic (exact) mass is 390 g/mol. The van der Waals surface area contributed by atoms with E-state index in [1.807, 2.05) is 0 Å². The number of rotatable bonds is 5. The van der Waals surface area contributed by atoms with Gasteiger partial charge in [0.2, 0.25) is 5.91 Å². The normalized spacial score (nSPS) is 37.7. The van der Waals surface area contributed by atoms with E-state index in [9.17, 15) is 9.18 Å². The van der Waals surface area contributed by atoms with Gasteiger partial charge < -0.3 is 27.4 Å². The third kappa shape index (κ3) is 4.65. The molecule has 0 radical (unpaired) electrons. The number of carbonyl (C=O) groups is 1. The highest BCUT2D eigenvalue weighted by Crippen LogP contribution is 2.33. The van der Waals surface area contributed by atoms with Crippen molar-refractivity contribution in [3.8, 4) is 0 Å². The molecule has 3 heterocycles. The number of hydrogen-bond acceptors (Lipinski definition) is 9. The Morgan fingerprint density at radius 1 is 1.19 bits per heavy atom. The minimum atomic E-state index is -0.977. The topological polar surface area (TPSA) is 141 Å². The Kier molecular flexibility index (Phi) is 7.08. The molecule has 0 aromatic carbocycles. The van der Waals surface area contributed by atoms with Crippen LogP contribution in [0.4, 0.5) is 4.39 Å². The predicted molar refractivity (Wildman–Crippen MR) is 100 cm³/mol. The molecule has 0 aliphatic carbocycles. The van der Waals surface area contributed by atoms with Gasteiger partial charge in [0.15, 0.2) is 0 Å². The van der Waals surface area contributed by atoms with Crippen molar-refractivity contribution in [1.29, 1.82) is 0 Å². The standard InChI is InChI=1S/C15H31FN8OS/c1-7-10(8-2-19-6-20-3-8)15(26-24-7)23-14(25)11(12(17)18)13-21-4-9(16)5-22-13/h7-13,15,19-22,24H,2-6,17-18H2,1H3,(H,23,25). The van der Waals surface area contributed by atoms with Crippen LogP contribution < -0.4 is 42.8 Å². The van der Waals surface area contributed by atoms with Gasteiger partial charge >= 0.3 is 0 Å². The highest BCUT2D eigenvalue weighted by molar-refractivity contribution is 7.98. The van der Waals surface area contributed by atoms with Crippen molar-refractivity contribution in [3.05, 3.63) is 0 Å². The molecule has 26 heavy (non-hydrogen) atoms. The van der Waals surface area contributed by atoms with Gasteiger partial charge in [0.1, 0.15) is 6.17 Å². The minimum Gasteiger partial charge on any atom is -0.342 e. The molecular weight excluding hydrogens is 359 g/mol. The van der Waals surface area contributed by atoms with E-state index in [1.165, 1.54) is 11.9 Å². The molecule has 0 bridgehead atoms. The van der Waals surface area contributed by atoms with Crippen molar-refractivity contribution in [3.63, 3.8) is 0 Å². The van der Waals surface area contributed by atoms with Gasteiger partial charge in [-0.2, -0.15) is 0 Å². The Labute approximate surface area is 157 Å². The summed E-state index contributed by atoms with van der Waals surface area (Å²) in [5, 5.41) is 15.7. The molecule has 1 amide bonds. The lowest BCUT2D eigenvalue weighted by Gasteiger charge is -2.37. The van der Waals surface area contributed by atoms with Crippen LogP contribution in [0.3, 0.4) is 0 Å². The predicted octanol–water partition coefficient (Wildman–Crippen LogP) is -2.83. The van der Waals surface area contributed by atoms with E-state index in [4.69, 9.17) is 11.5 Å². The van der Waals surface area contributed by atoms with Gasteiger partial charge in [-0.1, -0.05) is 11.9 Å². The SMILES string of the molecule is CC1NSC(NC(=O)C(C(N)N)C2NCC(F)CN2)C1C1CNCNC1. The van der Waals surface area contributed by atoms with Gasteiger partial charge in [-0.05, 0) is 12.8 Å². The average molecular weight is 391 g/mol. The molecule has 0 saturated carbocycles. The van der Waals surface area contributed by atoms with Gasteiger partial charge in [-0.15, -0.1) is 0 Å². The summed E-state index contributed by atoms with van der Waals surface area (Å²) in [6.45, 7) is 5.16. The van der Waals surface area contributed by atoms with E-state index >= 15 is 0 Å². The van der Waals surface area contributed by atoms with Crippen LogP contribution in [0.2, 0.25) is 0 Å². The summed E-state index contributed by atoms with van der Waals surface area (Å²) in [5.74, 6) is -0.198. The van der Waals surface area contributed by atoms with E-state index in [0.717, 1.165) is 19.8 Å². The molecule has 3 saturated heterocycles. The summed E-state index contributed by atoms with van der Waals surface area (Å²) in [6, 6.07) is 0.278. The number of halogens is 1. The highest BCUT2D eigenvalue weighted by Gasteiger charge is 2.43. The maximum Gasteiger partial charge on any atom is 0.229 e. The first-order valence-corrected chi connectivity index (χ1v) is 10.1. The highest BCUT2D eigenvalue weighted by atomic mass is 32.2. The number of hydrogen-bond donors (Lipinski definition) is 8. The lowest BCUT2D eigenvalue weighted by Crippen LogP contribution is -2.65. The van der Waals surface area contributed by atoms with Crippen LogP contribution in [0, 0.1) is 17.8 Å². The van der Waals surface area contributed by atoms with Crippen molar-refractivity contribution >= 4 is 17.9 Å². The summed E-state index contributed by atoms with van der Waals surface area (Å²) in [6.07, 6.45) is -2.25. The molecule has 10 N–H and O–H groups in total. The molecule has 3 fully saturated rings. The van der Waals surface area contributed by atoms with Crippen molar-refractivity contribution in [2.24, 2.45) is 29.2 Å². The molecule has 3 aliphatic heterocycles. The molecule has 4 atom stereocenters. The summed E-state index contributed by atoms with van der Waals surface area (Å²) in [4.78, 5) is 12.9. The number of nitrogens with one attached hydrogen (secondary N) is 6. The Morgan fingerprint density at radius 3 is 2.46 bits per heavy atom. The van der Waals surface area contributed by atoms with Gasteiger partial charge in [-0.3, -0.25) is 20.2 Å². The number of alkyl halides is 1. The van der Waals surface area contributed by atoms with E-state index in [-0.39, 0.29) is 36.3 Å². The molecule has 150 valence electrons. The second-order valence-electron chi connectivity index (χ2n) is 7.37. The van der Waals surface area contributed by atoms with Crippen LogP contribution in [-0.4, -0.2) is 68.7 Å². The molecule has 9 nitrogen and oxygen atoms in total. The Morgan fingerprint density at radius 2 is 1.85 bits per heavy atom. The van der Waals surface area contributed by atoms with E-state index in [0.29, 0.717) is 5.92 Å². The van der Waals surface area contributed by atoms with Gasteiger partial charge in [0.05, 0.1) is 23.6 Å². The molecular formula is C15H31FN8OS. The van der Waals surface area contributed by atoms with Crippen molar-refractivity contribution in [2.45, 2.75) is 36.8 Å².